The standard InChI is InChI=1S/C21H19NO4/c1-13-8-9-19-16(10-13)21(24)17(12-25-19)18-11-20(14(2)23)26-22(18)15-6-4-3-5-7-15/h3-10,12,18,20H,11H2,1-2H3/t18-,20+/m0/s1. The first-order valence-corrected chi connectivity index (χ1v) is 8.58. The van der Waals surface area contributed by atoms with Gasteiger partial charge in [-0.15, -0.1) is 0 Å². The summed E-state index contributed by atoms with van der Waals surface area (Å²) in [7, 11) is 0. The van der Waals surface area contributed by atoms with Gasteiger partial charge >= 0.3 is 0 Å². The lowest BCUT2D eigenvalue weighted by Crippen LogP contribution is -2.26. The molecule has 1 saturated heterocycles. The van der Waals surface area contributed by atoms with Crippen molar-refractivity contribution in [2.75, 3.05) is 5.06 Å². The van der Waals surface area contributed by atoms with Gasteiger partial charge in [0.1, 0.15) is 18.0 Å². The highest BCUT2D eigenvalue weighted by molar-refractivity contribution is 5.81. The number of carbonyl (C=O) groups excluding carboxylic acids is 1. The third-order valence-corrected chi connectivity index (χ3v) is 4.74. The van der Waals surface area contributed by atoms with E-state index in [1.165, 1.54) is 13.2 Å². The average Bonchev–Trinajstić information content (AvgIpc) is 3.09. The molecule has 0 unspecified atom stereocenters. The van der Waals surface area contributed by atoms with Crippen LogP contribution >= 0.6 is 0 Å². The monoisotopic (exact) mass is 349 g/mol. The molecule has 4 rings (SSSR count). The molecular formula is C21H19NO4. The van der Waals surface area contributed by atoms with Crippen LogP contribution in [-0.2, 0) is 9.63 Å². The van der Waals surface area contributed by atoms with E-state index in [1.54, 1.807) is 11.1 Å². The average molecular weight is 349 g/mol. The van der Waals surface area contributed by atoms with Crippen LogP contribution in [0.5, 0.6) is 0 Å². The molecule has 2 heterocycles. The predicted molar refractivity (Wildman–Crippen MR) is 99.1 cm³/mol. The molecule has 2 aromatic carbocycles. The number of hydrogen-bond donors (Lipinski definition) is 0. The van der Waals surface area contributed by atoms with Gasteiger partial charge in [-0.3, -0.25) is 14.4 Å². The number of para-hydroxylation sites is 1. The number of nitrogens with zero attached hydrogens (tertiary/aromatic N) is 1. The van der Waals surface area contributed by atoms with Crippen molar-refractivity contribution < 1.29 is 14.0 Å². The van der Waals surface area contributed by atoms with Gasteiger partial charge in [-0.05, 0) is 38.1 Å². The summed E-state index contributed by atoms with van der Waals surface area (Å²) in [4.78, 5) is 30.9. The van der Waals surface area contributed by atoms with Crippen molar-refractivity contribution in [3.05, 3.63) is 76.1 Å². The summed E-state index contributed by atoms with van der Waals surface area (Å²) in [6, 6.07) is 14.6. The van der Waals surface area contributed by atoms with Crippen molar-refractivity contribution in [2.24, 2.45) is 0 Å². The van der Waals surface area contributed by atoms with E-state index in [1.807, 2.05) is 49.4 Å². The van der Waals surface area contributed by atoms with E-state index >= 15 is 0 Å². The van der Waals surface area contributed by atoms with Gasteiger partial charge in [0.05, 0.1) is 22.7 Å². The minimum atomic E-state index is -0.576. The fourth-order valence-corrected chi connectivity index (χ4v) is 3.35. The Morgan fingerprint density at radius 3 is 2.65 bits per heavy atom. The molecule has 0 amide bonds. The van der Waals surface area contributed by atoms with E-state index < -0.39 is 6.10 Å². The number of ketones is 1. The molecule has 5 nitrogen and oxygen atoms in total. The number of carbonyl (C=O) groups is 1. The maximum absolute atomic E-state index is 13.1. The molecule has 0 N–H and O–H groups in total. The summed E-state index contributed by atoms with van der Waals surface area (Å²) in [6.07, 6.45) is 1.33. The minimum absolute atomic E-state index is 0.0607. The fourth-order valence-electron chi connectivity index (χ4n) is 3.35. The molecule has 1 aliphatic rings. The highest BCUT2D eigenvalue weighted by Crippen LogP contribution is 2.37. The number of aryl methyl sites for hydroxylation is 1. The first-order valence-electron chi connectivity index (χ1n) is 8.58. The molecule has 0 radical (unpaired) electrons. The molecular weight excluding hydrogens is 330 g/mol. The maximum Gasteiger partial charge on any atom is 0.198 e. The van der Waals surface area contributed by atoms with E-state index in [9.17, 15) is 9.59 Å². The number of hydrogen-bond acceptors (Lipinski definition) is 5. The number of anilines is 1. The molecule has 132 valence electrons. The Hall–Kier alpha value is -2.92. The zero-order valence-corrected chi connectivity index (χ0v) is 14.6. The summed E-state index contributed by atoms with van der Waals surface area (Å²) in [5.41, 5.74) is 2.75. The highest BCUT2D eigenvalue weighted by Gasteiger charge is 2.39. The largest absolute Gasteiger partial charge is 0.464 e. The van der Waals surface area contributed by atoms with Crippen molar-refractivity contribution in [1.82, 2.24) is 0 Å². The fraction of sp³-hybridized carbons (Fsp3) is 0.238. The zero-order chi connectivity index (χ0) is 18.3. The molecule has 1 aromatic heterocycles. The van der Waals surface area contributed by atoms with Gasteiger partial charge in [-0.2, -0.15) is 0 Å². The van der Waals surface area contributed by atoms with E-state index in [-0.39, 0.29) is 17.3 Å². The number of benzene rings is 2. The third-order valence-electron chi connectivity index (χ3n) is 4.74. The molecule has 1 aliphatic heterocycles. The van der Waals surface area contributed by atoms with Gasteiger partial charge in [0.2, 0.25) is 0 Å². The molecule has 0 aliphatic carbocycles. The lowest BCUT2D eigenvalue weighted by Gasteiger charge is -2.24. The van der Waals surface area contributed by atoms with Crippen molar-refractivity contribution >= 4 is 22.4 Å². The summed E-state index contributed by atoms with van der Waals surface area (Å²) in [5.74, 6) is -0.0607. The maximum atomic E-state index is 13.1. The van der Waals surface area contributed by atoms with Crippen LogP contribution in [0.25, 0.3) is 11.0 Å². The van der Waals surface area contributed by atoms with Gasteiger partial charge in [0.25, 0.3) is 0 Å². The van der Waals surface area contributed by atoms with Gasteiger partial charge in [0, 0.05) is 6.42 Å². The smallest absolute Gasteiger partial charge is 0.198 e. The SMILES string of the molecule is CC(=O)[C@H]1C[C@@H](c2coc3ccc(C)cc3c2=O)N(c2ccccc2)O1. The van der Waals surface area contributed by atoms with E-state index in [4.69, 9.17) is 9.25 Å². The molecule has 1 fully saturated rings. The molecule has 5 heteroatoms. The normalized spacial score (nSPS) is 19.8. The molecule has 0 saturated carbocycles. The second-order valence-corrected chi connectivity index (χ2v) is 6.64. The van der Waals surface area contributed by atoms with Crippen molar-refractivity contribution in [3.8, 4) is 0 Å². The number of rotatable bonds is 3. The zero-order valence-electron chi connectivity index (χ0n) is 14.6. The molecule has 2 atom stereocenters. The summed E-state index contributed by atoms with van der Waals surface area (Å²) < 4.78 is 5.70. The van der Waals surface area contributed by atoms with Gasteiger partial charge in [-0.25, -0.2) is 5.06 Å². The Bertz CT molecular complexity index is 1030. The second kappa shape index (κ2) is 6.42. The second-order valence-electron chi connectivity index (χ2n) is 6.64. The van der Waals surface area contributed by atoms with Crippen LogP contribution in [0, 0.1) is 6.92 Å². The van der Waals surface area contributed by atoms with Crippen LogP contribution in [0.2, 0.25) is 0 Å². The summed E-state index contributed by atoms with van der Waals surface area (Å²) in [5, 5.41) is 2.20. The van der Waals surface area contributed by atoms with Crippen LogP contribution in [0.3, 0.4) is 0 Å². The van der Waals surface area contributed by atoms with Crippen LogP contribution in [0.15, 0.2) is 64.0 Å². The van der Waals surface area contributed by atoms with Crippen LogP contribution in [-0.4, -0.2) is 11.9 Å². The van der Waals surface area contributed by atoms with Gasteiger partial charge < -0.3 is 4.42 Å². The Labute approximate surface area is 150 Å². The minimum Gasteiger partial charge on any atom is -0.464 e. The van der Waals surface area contributed by atoms with Crippen LogP contribution in [0.1, 0.15) is 30.5 Å². The third kappa shape index (κ3) is 2.80. The van der Waals surface area contributed by atoms with Gasteiger partial charge in [-0.1, -0.05) is 29.8 Å². The molecule has 3 aromatic rings. The Morgan fingerprint density at radius 1 is 1.15 bits per heavy atom. The number of hydroxylamine groups is 1. The van der Waals surface area contributed by atoms with E-state index in [0.717, 1.165) is 11.3 Å². The molecule has 0 spiro atoms. The Kier molecular flexibility index (Phi) is 4.09. The van der Waals surface area contributed by atoms with Crippen LogP contribution < -0.4 is 10.5 Å². The van der Waals surface area contributed by atoms with Crippen LogP contribution in [0.4, 0.5) is 5.69 Å². The number of Topliss-reactive ketones (excluding diaryl/α,β-unsaturated/α-hetero) is 1. The Balaban J connectivity index is 1.84. The van der Waals surface area contributed by atoms with Crippen molar-refractivity contribution in [2.45, 2.75) is 32.4 Å². The first kappa shape index (κ1) is 16.5. The number of fused-ring (bicyclic) bond motifs is 1. The molecule has 0 bridgehead atoms. The first-order chi connectivity index (χ1) is 12.5. The van der Waals surface area contributed by atoms with E-state index in [0.29, 0.717) is 23.0 Å². The van der Waals surface area contributed by atoms with Gasteiger partial charge in [0.15, 0.2) is 11.2 Å². The Morgan fingerprint density at radius 2 is 1.92 bits per heavy atom. The van der Waals surface area contributed by atoms with Crippen molar-refractivity contribution in [3.63, 3.8) is 0 Å². The lowest BCUT2D eigenvalue weighted by atomic mass is 9.99. The van der Waals surface area contributed by atoms with E-state index in [2.05, 4.69) is 0 Å². The highest BCUT2D eigenvalue weighted by atomic mass is 16.7. The predicted octanol–water partition coefficient (Wildman–Crippen LogP) is 3.94. The molecule has 26 heavy (non-hydrogen) atoms. The lowest BCUT2D eigenvalue weighted by molar-refractivity contribution is -0.126. The summed E-state index contributed by atoms with van der Waals surface area (Å²) >= 11 is 0. The van der Waals surface area contributed by atoms with Crippen molar-refractivity contribution in [1.29, 1.82) is 0 Å². The topological polar surface area (TPSA) is 59.8 Å². The quantitative estimate of drug-likeness (QED) is 0.717. The summed E-state index contributed by atoms with van der Waals surface area (Å²) in [6.45, 7) is 3.44.